The molecule has 28 heteroatoms. The lowest BCUT2D eigenvalue weighted by Gasteiger charge is -2.35. The van der Waals surface area contributed by atoms with Crippen molar-refractivity contribution < 1.29 is 76.4 Å². The van der Waals surface area contributed by atoms with Crippen molar-refractivity contribution in [1.29, 1.82) is 0 Å². The van der Waals surface area contributed by atoms with Crippen LogP contribution in [-0.2, 0) is 64.8 Å². The molecule has 0 aliphatic carbocycles. The highest BCUT2D eigenvalue weighted by molar-refractivity contribution is 9.10. The number of rotatable bonds is 30. The Morgan fingerprint density at radius 3 is 1.98 bits per heavy atom. The zero-order valence-electron chi connectivity index (χ0n) is 56.7. The van der Waals surface area contributed by atoms with Gasteiger partial charge in [0, 0.05) is 60.1 Å². The van der Waals surface area contributed by atoms with Crippen LogP contribution in [0.2, 0.25) is 0 Å². The van der Waals surface area contributed by atoms with E-state index in [-0.39, 0.29) is 80.3 Å². The van der Waals surface area contributed by atoms with Gasteiger partial charge in [-0.3, -0.25) is 42.9 Å². The van der Waals surface area contributed by atoms with E-state index in [1.807, 2.05) is 45.0 Å². The van der Waals surface area contributed by atoms with Gasteiger partial charge in [-0.15, -0.1) is 11.3 Å². The number of ether oxygens (including phenoxy) is 1. The van der Waals surface area contributed by atoms with Crippen LogP contribution in [0.25, 0.3) is 10.4 Å². The van der Waals surface area contributed by atoms with Crippen molar-refractivity contribution in [2.45, 2.75) is 141 Å². The van der Waals surface area contributed by atoms with Crippen LogP contribution >= 0.6 is 34.9 Å². The predicted octanol–water partition coefficient (Wildman–Crippen LogP) is 8.51. The Hall–Kier alpha value is -9.24. The first-order valence-electron chi connectivity index (χ1n) is 32.6. The normalized spacial score (nSPS) is 15.4. The van der Waals surface area contributed by atoms with E-state index in [0.29, 0.717) is 28.7 Å². The Balaban J connectivity index is 1.00. The monoisotopic (exact) mass is 1490 g/mol. The molecule has 1 saturated heterocycles. The number of aromatic hydroxyl groups is 1. The van der Waals surface area contributed by atoms with Gasteiger partial charge in [0.15, 0.2) is 11.5 Å². The number of aliphatic hydroxyl groups is 1. The van der Waals surface area contributed by atoms with Crippen LogP contribution in [0.15, 0.2) is 150 Å². The quantitative estimate of drug-likeness (QED) is 0.0148. The van der Waals surface area contributed by atoms with Gasteiger partial charge in [-0.1, -0.05) is 140 Å². The molecule has 1 aliphatic rings. The number of β-amino-alcohol motifs (C(OH)–C–C–N with tert-alkyl or cyclic N) is 1. The van der Waals surface area contributed by atoms with Gasteiger partial charge in [-0.25, -0.2) is 4.98 Å². The van der Waals surface area contributed by atoms with Crippen LogP contribution in [0.3, 0.4) is 0 Å². The Morgan fingerprint density at radius 1 is 0.713 bits per heavy atom. The summed E-state index contributed by atoms with van der Waals surface area (Å²) in [6.07, 6.45) is -1.45. The summed E-state index contributed by atoms with van der Waals surface area (Å²) in [6, 6.07) is 28.4. The average molecular weight is 1490 g/mol. The SMILES string of the molecule is COc1cc(CC(=O)N[C@@H](Cc2ccccc2)C(=O)N[C@@H](Cc2ccc(C(F)(F)P(=O)(O)O)cc2)C(=O)N[C@@H](CCCCNC(=O)c2ccc(C)c(Br)c2)C(=O)NCc2cccc(C(=O)N[C@H](C(=O)N3C[C@H](O)C[C@H]3C(=O)N[C@@H](C)c3ccc(-c4scnc4C)cc3)C(C)(C)C)c2)ccc1O. The Bertz CT molecular complexity index is 4180. The van der Waals surface area contributed by atoms with E-state index in [4.69, 9.17) is 4.74 Å². The molecule has 2 heterocycles. The summed E-state index contributed by atoms with van der Waals surface area (Å²) in [5, 5.41) is 40.8. The lowest BCUT2D eigenvalue weighted by Crippen LogP contribution is -2.58. The third kappa shape index (κ3) is 20.9. The molecule has 536 valence electrons. The van der Waals surface area contributed by atoms with Crippen molar-refractivity contribution in [1.82, 2.24) is 47.1 Å². The largest absolute Gasteiger partial charge is 0.504 e. The molecule has 0 bridgehead atoms. The second-order valence-corrected chi connectivity index (χ2v) is 29.4. The molecular formula is C73H83BrF2N9O14PS. The van der Waals surface area contributed by atoms with Crippen LogP contribution < -0.4 is 42.0 Å². The number of carbonyl (C=O) groups is 8. The fourth-order valence-electron chi connectivity index (χ4n) is 11.5. The maximum Gasteiger partial charge on any atom is 0.399 e. The van der Waals surface area contributed by atoms with Gasteiger partial charge in [0.1, 0.15) is 30.2 Å². The number of halogens is 3. The zero-order chi connectivity index (χ0) is 73.5. The van der Waals surface area contributed by atoms with E-state index in [0.717, 1.165) is 56.0 Å². The number of nitrogens with one attached hydrogen (secondary N) is 7. The maximum atomic E-state index is 15.0. The number of likely N-dealkylation sites (tertiary alicyclic amines) is 1. The highest BCUT2D eigenvalue weighted by Crippen LogP contribution is 2.59. The van der Waals surface area contributed by atoms with Crippen LogP contribution in [0, 0.1) is 19.3 Å². The highest BCUT2D eigenvalue weighted by Gasteiger charge is 2.50. The van der Waals surface area contributed by atoms with Crippen molar-refractivity contribution in [2.75, 3.05) is 20.2 Å². The summed E-state index contributed by atoms with van der Waals surface area (Å²) < 4.78 is 47.6. The van der Waals surface area contributed by atoms with Crippen molar-refractivity contribution in [3.8, 4) is 21.9 Å². The molecule has 8 rings (SSSR count). The van der Waals surface area contributed by atoms with E-state index < -0.39 is 114 Å². The van der Waals surface area contributed by atoms with Gasteiger partial charge < -0.3 is 66.9 Å². The van der Waals surface area contributed by atoms with E-state index in [2.05, 4.69) is 58.1 Å². The first-order chi connectivity index (χ1) is 47.8. The molecule has 1 aromatic heterocycles. The number of aliphatic hydroxyl groups excluding tert-OH is 1. The number of carbonyl (C=O) groups excluding carboxylic acids is 8. The minimum absolute atomic E-state index is 0.0382. The fraction of sp³-hybridized carbons (Fsp3) is 0.356. The molecule has 7 atom stereocenters. The molecule has 6 aromatic carbocycles. The van der Waals surface area contributed by atoms with Gasteiger partial charge >= 0.3 is 13.3 Å². The number of phenols is 1. The van der Waals surface area contributed by atoms with E-state index in [1.54, 1.807) is 86.9 Å². The topological polar surface area (TPSA) is 344 Å². The number of hydrogen-bond donors (Lipinski definition) is 11. The maximum absolute atomic E-state index is 15.0. The Labute approximate surface area is 596 Å². The van der Waals surface area contributed by atoms with Gasteiger partial charge in [0.25, 0.3) is 11.8 Å². The van der Waals surface area contributed by atoms with Crippen molar-refractivity contribution in [2.24, 2.45) is 5.41 Å². The molecule has 1 fully saturated rings. The van der Waals surface area contributed by atoms with Crippen LogP contribution in [0.1, 0.15) is 125 Å². The number of methoxy groups -OCH3 is 1. The number of phenolic OH excluding ortho intramolecular Hbond substituents is 1. The number of alkyl halides is 2. The molecule has 101 heavy (non-hydrogen) atoms. The summed E-state index contributed by atoms with van der Waals surface area (Å²) in [4.78, 5) is 140. The number of amides is 8. The minimum atomic E-state index is -6.00. The molecule has 11 N–H and O–H groups in total. The first-order valence-corrected chi connectivity index (χ1v) is 35.9. The van der Waals surface area contributed by atoms with Gasteiger partial charge in [-0.2, -0.15) is 8.78 Å². The highest BCUT2D eigenvalue weighted by atomic mass is 79.9. The first kappa shape index (κ1) is 77.5. The number of thiazole rings is 1. The van der Waals surface area contributed by atoms with E-state index in [9.17, 15) is 71.7 Å². The minimum Gasteiger partial charge on any atom is -0.504 e. The summed E-state index contributed by atoms with van der Waals surface area (Å²) in [7, 11) is -4.66. The second-order valence-electron chi connectivity index (χ2n) is 26.0. The number of benzene rings is 6. The molecule has 0 unspecified atom stereocenters. The summed E-state index contributed by atoms with van der Waals surface area (Å²) in [5.41, 5.74) is 0.847. The summed E-state index contributed by atoms with van der Waals surface area (Å²) in [5.74, 6) is -5.43. The van der Waals surface area contributed by atoms with Gasteiger partial charge in [0.05, 0.1) is 41.8 Å². The molecule has 0 radical (unpaired) electrons. The number of nitrogens with zero attached hydrogens (tertiary/aromatic N) is 2. The molecule has 8 amide bonds. The Morgan fingerprint density at radius 2 is 1.35 bits per heavy atom. The van der Waals surface area contributed by atoms with Gasteiger partial charge in [-0.05, 0) is 121 Å². The third-order valence-corrected chi connectivity index (χ3v) is 20.1. The number of unbranched alkanes of at least 4 members (excludes halogenated alkanes) is 1. The van der Waals surface area contributed by atoms with Crippen LogP contribution in [0.4, 0.5) is 8.78 Å². The van der Waals surface area contributed by atoms with E-state index >= 15 is 0 Å². The van der Waals surface area contributed by atoms with Crippen LogP contribution in [-0.4, -0.2) is 134 Å². The molecular weight excluding hydrogens is 1410 g/mol. The second kappa shape index (κ2) is 34.4. The van der Waals surface area contributed by atoms with Crippen molar-refractivity contribution in [3.63, 3.8) is 0 Å². The van der Waals surface area contributed by atoms with Crippen LogP contribution in [0.5, 0.6) is 11.5 Å². The molecule has 0 saturated carbocycles. The Kier molecular flexibility index (Phi) is 26.4. The average Bonchev–Trinajstić information content (AvgIpc) is 1.73. The molecule has 7 aromatic rings. The predicted molar refractivity (Wildman–Crippen MR) is 379 cm³/mol. The standard InChI is InChI=1S/C73H83BrF2N9O14PS/c1-42-19-23-52(37-55(42)74)65(89)77-31-12-11-18-56(82-69(93)58(34-46-20-28-53(29-21-46)73(75,76)100(96,97)98)83-68(92)57(33-45-14-9-8-10-15-45)81-62(88)36-47-22-30-60(87)61(35-47)99-7)67(91)78-39-48-16-13-17-51(32-48)66(90)84-64(72(4,5)6)71(95)85-40-54(86)38-59(85)70(94)80-43(2)49-24-26-50(27-25-49)63-44(3)79-41-101-63/h8-10,13-17,19-30,32,35,37,41,43,54,56-59,64,86-87H,11-12,18,31,33-34,36,38-40H2,1-7H3,(H,77,89)(H,78,91)(H,80,94)(H,81,88)(H,82,93)(H,83,92)(H,84,90)(H2,96,97,98)/t43-,54+,56-,57-,58-,59-,64+/m0/s1. The van der Waals surface area contributed by atoms with Crippen molar-refractivity contribution >= 4 is 82.1 Å². The van der Waals surface area contributed by atoms with Crippen molar-refractivity contribution in [3.05, 3.63) is 205 Å². The zero-order valence-corrected chi connectivity index (χ0v) is 60.0. The number of hydrogen-bond acceptors (Lipinski definition) is 14. The molecule has 1 aliphatic heterocycles. The smallest absolute Gasteiger partial charge is 0.399 e. The lowest BCUT2D eigenvalue weighted by molar-refractivity contribution is -0.142. The number of aryl methyl sites for hydroxylation is 2. The van der Waals surface area contributed by atoms with Gasteiger partial charge in [0.2, 0.25) is 35.4 Å². The fourth-order valence-corrected chi connectivity index (χ4v) is 13.1. The van der Waals surface area contributed by atoms with E-state index in [1.165, 1.54) is 53.7 Å². The molecule has 23 nitrogen and oxygen atoms in total. The lowest BCUT2D eigenvalue weighted by atomic mass is 9.85. The third-order valence-electron chi connectivity index (χ3n) is 17.2. The summed E-state index contributed by atoms with van der Waals surface area (Å²) in [6.45, 7) is 10.6. The molecule has 0 spiro atoms. The summed E-state index contributed by atoms with van der Waals surface area (Å²) >= 11 is 4.97. The number of aromatic nitrogens is 1.